The van der Waals surface area contributed by atoms with Gasteiger partial charge in [0, 0.05) is 24.2 Å². The highest BCUT2D eigenvalue weighted by atomic mass is 16.6. The molecular weight excluding hydrogens is 240 g/mol. The number of rotatable bonds is 5. The SMILES string of the molecule is CC(NCC1(C)CCCC1)c1ccccc1[N+](=O)[O-]. The van der Waals surface area contributed by atoms with Gasteiger partial charge in [0.15, 0.2) is 0 Å². The van der Waals surface area contributed by atoms with Crippen molar-refractivity contribution in [1.29, 1.82) is 0 Å². The Kier molecular flexibility index (Phi) is 4.20. The average molecular weight is 262 g/mol. The van der Waals surface area contributed by atoms with Crippen molar-refractivity contribution in [3.63, 3.8) is 0 Å². The van der Waals surface area contributed by atoms with Crippen LogP contribution in [0.25, 0.3) is 0 Å². The predicted octanol–water partition coefficient (Wildman–Crippen LogP) is 3.83. The standard InChI is InChI=1S/C15H22N2O2/c1-12(16-11-15(2)9-5-6-10-15)13-7-3-4-8-14(13)17(18)19/h3-4,7-8,12,16H,5-6,9-11H2,1-2H3. The van der Waals surface area contributed by atoms with Gasteiger partial charge in [0.25, 0.3) is 5.69 Å². The van der Waals surface area contributed by atoms with E-state index in [1.54, 1.807) is 12.1 Å². The Balaban J connectivity index is 2.03. The van der Waals surface area contributed by atoms with Crippen molar-refractivity contribution >= 4 is 5.69 Å². The van der Waals surface area contributed by atoms with E-state index in [1.165, 1.54) is 25.7 Å². The second-order valence-corrected chi connectivity index (χ2v) is 5.94. The number of nitrogens with zero attached hydrogens (tertiary/aromatic N) is 1. The number of nitro benzene ring substituents is 1. The Bertz CT molecular complexity index is 453. The highest BCUT2D eigenvalue weighted by molar-refractivity contribution is 5.41. The van der Waals surface area contributed by atoms with Crippen molar-refractivity contribution in [3.8, 4) is 0 Å². The van der Waals surface area contributed by atoms with Gasteiger partial charge in [-0.1, -0.05) is 38.0 Å². The molecule has 1 atom stereocenters. The molecule has 0 heterocycles. The molecule has 104 valence electrons. The molecule has 0 amide bonds. The molecule has 1 fully saturated rings. The Labute approximate surface area is 114 Å². The molecule has 4 nitrogen and oxygen atoms in total. The van der Waals surface area contributed by atoms with E-state index in [1.807, 2.05) is 19.1 Å². The van der Waals surface area contributed by atoms with E-state index in [-0.39, 0.29) is 16.7 Å². The first-order chi connectivity index (χ1) is 9.02. The molecule has 0 radical (unpaired) electrons. The van der Waals surface area contributed by atoms with Gasteiger partial charge in [-0.15, -0.1) is 0 Å². The number of hydrogen-bond acceptors (Lipinski definition) is 3. The summed E-state index contributed by atoms with van der Waals surface area (Å²) in [7, 11) is 0. The number of nitro groups is 1. The van der Waals surface area contributed by atoms with Crippen molar-refractivity contribution in [2.24, 2.45) is 5.41 Å². The van der Waals surface area contributed by atoms with Gasteiger partial charge in [0.1, 0.15) is 0 Å². The quantitative estimate of drug-likeness (QED) is 0.648. The lowest BCUT2D eigenvalue weighted by Crippen LogP contribution is -2.31. The first-order valence-corrected chi connectivity index (χ1v) is 6.99. The van der Waals surface area contributed by atoms with Gasteiger partial charge < -0.3 is 5.32 Å². The molecule has 0 saturated heterocycles. The van der Waals surface area contributed by atoms with Crippen molar-refractivity contribution in [3.05, 3.63) is 39.9 Å². The van der Waals surface area contributed by atoms with E-state index in [0.29, 0.717) is 5.41 Å². The number of nitrogens with one attached hydrogen (secondary N) is 1. The van der Waals surface area contributed by atoms with Crippen LogP contribution in [0.2, 0.25) is 0 Å². The predicted molar refractivity (Wildman–Crippen MR) is 76.1 cm³/mol. The molecule has 1 aromatic rings. The molecule has 1 saturated carbocycles. The molecule has 1 unspecified atom stereocenters. The van der Waals surface area contributed by atoms with E-state index in [4.69, 9.17) is 0 Å². The summed E-state index contributed by atoms with van der Waals surface area (Å²) in [6.45, 7) is 5.24. The van der Waals surface area contributed by atoms with Gasteiger partial charge in [-0.05, 0) is 25.2 Å². The van der Waals surface area contributed by atoms with E-state index >= 15 is 0 Å². The fourth-order valence-electron chi connectivity index (χ4n) is 2.93. The molecule has 1 N–H and O–H groups in total. The summed E-state index contributed by atoms with van der Waals surface area (Å²) < 4.78 is 0. The van der Waals surface area contributed by atoms with Crippen molar-refractivity contribution in [2.75, 3.05) is 6.54 Å². The van der Waals surface area contributed by atoms with Crippen molar-refractivity contribution < 1.29 is 4.92 Å². The second-order valence-electron chi connectivity index (χ2n) is 5.94. The van der Waals surface area contributed by atoms with Crippen molar-refractivity contribution in [1.82, 2.24) is 5.32 Å². The zero-order chi connectivity index (χ0) is 13.9. The zero-order valence-electron chi connectivity index (χ0n) is 11.7. The first-order valence-electron chi connectivity index (χ1n) is 6.99. The van der Waals surface area contributed by atoms with Crippen LogP contribution in [0.1, 0.15) is 51.1 Å². The summed E-state index contributed by atoms with van der Waals surface area (Å²) in [6, 6.07) is 7.00. The Morgan fingerprint density at radius 1 is 1.37 bits per heavy atom. The van der Waals surface area contributed by atoms with E-state index in [9.17, 15) is 10.1 Å². The molecule has 0 bridgehead atoms. The molecule has 4 heteroatoms. The smallest absolute Gasteiger partial charge is 0.274 e. The molecule has 0 spiro atoms. The normalized spacial score (nSPS) is 19.3. The third kappa shape index (κ3) is 3.32. The summed E-state index contributed by atoms with van der Waals surface area (Å²) in [5, 5.41) is 14.5. The molecular formula is C15H22N2O2. The highest BCUT2D eigenvalue weighted by Gasteiger charge is 2.29. The fraction of sp³-hybridized carbons (Fsp3) is 0.600. The third-order valence-electron chi connectivity index (χ3n) is 4.25. The molecule has 0 aliphatic heterocycles. The first kappa shape index (κ1) is 14.0. The van der Waals surface area contributed by atoms with Gasteiger partial charge in [0.05, 0.1) is 4.92 Å². The van der Waals surface area contributed by atoms with Crippen LogP contribution in [-0.4, -0.2) is 11.5 Å². The summed E-state index contributed by atoms with van der Waals surface area (Å²) in [5.41, 5.74) is 1.34. The van der Waals surface area contributed by atoms with Crippen LogP contribution in [0, 0.1) is 15.5 Å². The van der Waals surface area contributed by atoms with Crippen LogP contribution in [-0.2, 0) is 0 Å². The lowest BCUT2D eigenvalue weighted by Gasteiger charge is -2.26. The monoisotopic (exact) mass is 262 g/mol. The average Bonchev–Trinajstić information content (AvgIpc) is 2.83. The van der Waals surface area contributed by atoms with Crippen LogP contribution >= 0.6 is 0 Å². The van der Waals surface area contributed by atoms with E-state index in [0.717, 1.165) is 12.1 Å². The number of para-hydroxylation sites is 1. The van der Waals surface area contributed by atoms with Gasteiger partial charge in [-0.2, -0.15) is 0 Å². The number of hydrogen-bond donors (Lipinski definition) is 1. The summed E-state index contributed by atoms with van der Waals surface area (Å²) in [5.74, 6) is 0. The lowest BCUT2D eigenvalue weighted by atomic mass is 9.88. The van der Waals surface area contributed by atoms with Crippen LogP contribution < -0.4 is 5.32 Å². The lowest BCUT2D eigenvalue weighted by molar-refractivity contribution is -0.385. The molecule has 0 aromatic heterocycles. The molecule has 1 aliphatic carbocycles. The number of benzene rings is 1. The van der Waals surface area contributed by atoms with Gasteiger partial charge >= 0.3 is 0 Å². The molecule has 1 aromatic carbocycles. The minimum Gasteiger partial charge on any atom is -0.309 e. The fourth-order valence-corrected chi connectivity index (χ4v) is 2.93. The van der Waals surface area contributed by atoms with E-state index < -0.39 is 0 Å². The topological polar surface area (TPSA) is 55.2 Å². The Morgan fingerprint density at radius 2 is 2.00 bits per heavy atom. The minimum atomic E-state index is -0.301. The van der Waals surface area contributed by atoms with Crippen molar-refractivity contribution in [2.45, 2.75) is 45.6 Å². The van der Waals surface area contributed by atoms with Gasteiger partial charge in [-0.3, -0.25) is 10.1 Å². The molecule has 19 heavy (non-hydrogen) atoms. The van der Waals surface area contributed by atoms with E-state index in [2.05, 4.69) is 12.2 Å². The summed E-state index contributed by atoms with van der Waals surface area (Å²) >= 11 is 0. The maximum atomic E-state index is 11.0. The van der Waals surface area contributed by atoms with Crippen LogP contribution in [0.3, 0.4) is 0 Å². The van der Waals surface area contributed by atoms with Gasteiger partial charge in [0.2, 0.25) is 0 Å². The maximum Gasteiger partial charge on any atom is 0.274 e. The largest absolute Gasteiger partial charge is 0.309 e. The third-order valence-corrected chi connectivity index (χ3v) is 4.25. The van der Waals surface area contributed by atoms with Gasteiger partial charge in [-0.25, -0.2) is 0 Å². The maximum absolute atomic E-state index is 11.0. The van der Waals surface area contributed by atoms with Crippen LogP contribution in [0.5, 0.6) is 0 Å². The Morgan fingerprint density at radius 3 is 2.63 bits per heavy atom. The summed E-state index contributed by atoms with van der Waals surface area (Å²) in [4.78, 5) is 10.7. The van der Waals surface area contributed by atoms with Crippen LogP contribution in [0.15, 0.2) is 24.3 Å². The minimum absolute atomic E-state index is 0.0130. The van der Waals surface area contributed by atoms with Crippen LogP contribution in [0.4, 0.5) is 5.69 Å². The molecule has 1 aliphatic rings. The molecule has 2 rings (SSSR count). The highest BCUT2D eigenvalue weighted by Crippen LogP contribution is 2.37. The zero-order valence-corrected chi connectivity index (χ0v) is 11.7. The second kappa shape index (κ2) is 5.70. The Hall–Kier alpha value is -1.42. The summed E-state index contributed by atoms with van der Waals surface area (Å²) in [6.07, 6.45) is 5.11.